The predicted molar refractivity (Wildman–Crippen MR) is 128 cm³/mol. The number of aliphatic hydroxyl groups excluding tert-OH is 4. The zero-order chi connectivity index (χ0) is 25.7. The van der Waals surface area contributed by atoms with Gasteiger partial charge in [0.2, 0.25) is 6.29 Å². The molecule has 0 saturated carbocycles. The van der Waals surface area contributed by atoms with Gasteiger partial charge in [-0.25, -0.2) is 4.18 Å². The fourth-order valence-electron chi connectivity index (χ4n) is 3.80. The SMILES string of the molecule is CCCCCCCCCCCCOc1ccccc1OS(=O)(=O)O[C@@H]1O[C@H](CO)[C@H](O)[C@H](O)[C@H]1O. The smallest absolute Gasteiger partial charge is 0.451 e. The summed E-state index contributed by atoms with van der Waals surface area (Å²) in [6.07, 6.45) is 3.35. The zero-order valence-corrected chi connectivity index (χ0v) is 21.1. The number of hydrogen-bond donors (Lipinski definition) is 4. The van der Waals surface area contributed by atoms with Gasteiger partial charge in [0.1, 0.15) is 24.4 Å². The van der Waals surface area contributed by atoms with E-state index in [2.05, 4.69) is 6.92 Å². The van der Waals surface area contributed by atoms with Crippen LogP contribution in [0.15, 0.2) is 24.3 Å². The summed E-state index contributed by atoms with van der Waals surface area (Å²) < 4.78 is 45.3. The molecular weight excluding hydrogens is 480 g/mol. The van der Waals surface area contributed by atoms with Gasteiger partial charge >= 0.3 is 10.4 Å². The standard InChI is InChI=1S/C24H40O10S/c1-2-3-4-5-6-7-8-9-10-13-16-31-18-14-11-12-15-19(18)33-35(29,30)34-24-23(28)22(27)21(26)20(17-25)32-24/h11-12,14-15,20-28H,2-10,13,16-17H2,1H3/t20-,21+,22+,23-,24+/m1/s1. The van der Waals surface area contributed by atoms with Crippen molar-refractivity contribution in [3.63, 3.8) is 0 Å². The lowest BCUT2D eigenvalue weighted by atomic mass is 10.00. The Morgan fingerprint density at radius 3 is 2.00 bits per heavy atom. The zero-order valence-electron chi connectivity index (χ0n) is 20.3. The van der Waals surface area contributed by atoms with Crippen LogP contribution in [0.4, 0.5) is 0 Å². The number of hydrogen-bond acceptors (Lipinski definition) is 10. The van der Waals surface area contributed by atoms with Gasteiger partial charge in [-0.15, -0.1) is 0 Å². The molecule has 0 amide bonds. The predicted octanol–water partition coefficient (Wildman–Crippen LogP) is 2.43. The molecular formula is C24H40O10S. The van der Waals surface area contributed by atoms with Gasteiger partial charge in [-0.3, -0.25) is 0 Å². The third-order valence-corrected chi connectivity index (χ3v) is 6.67. The van der Waals surface area contributed by atoms with Crippen LogP contribution < -0.4 is 8.92 Å². The summed E-state index contributed by atoms with van der Waals surface area (Å²) in [6.45, 7) is 1.88. The van der Waals surface area contributed by atoms with Crippen LogP contribution in [-0.2, 0) is 19.3 Å². The Morgan fingerprint density at radius 1 is 0.829 bits per heavy atom. The minimum absolute atomic E-state index is 0.107. The van der Waals surface area contributed by atoms with Crippen molar-refractivity contribution in [2.75, 3.05) is 13.2 Å². The minimum atomic E-state index is -4.76. The molecule has 1 heterocycles. The number of benzene rings is 1. The molecule has 1 saturated heterocycles. The maximum atomic E-state index is 12.4. The first-order valence-electron chi connectivity index (χ1n) is 12.4. The molecule has 1 aromatic rings. The molecule has 35 heavy (non-hydrogen) atoms. The lowest BCUT2D eigenvalue weighted by Gasteiger charge is -2.38. The van der Waals surface area contributed by atoms with Crippen molar-refractivity contribution in [2.24, 2.45) is 0 Å². The summed E-state index contributed by atoms with van der Waals surface area (Å²) in [5.74, 6) is 0.105. The van der Waals surface area contributed by atoms with Gasteiger partial charge in [0.05, 0.1) is 13.2 Å². The number of unbranched alkanes of at least 4 members (excludes halogenated alkanes) is 9. The van der Waals surface area contributed by atoms with Crippen molar-refractivity contribution in [3.05, 3.63) is 24.3 Å². The molecule has 1 aliphatic heterocycles. The number of ether oxygens (including phenoxy) is 2. The van der Waals surface area contributed by atoms with Crippen molar-refractivity contribution in [2.45, 2.75) is 102 Å². The molecule has 0 spiro atoms. The van der Waals surface area contributed by atoms with Crippen molar-refractivity contribution < 1.29 is 46.7 Å². The van der Waals surface area contributed by atoms with Crippen molar-refractivity contribution in [1.82, 2.24) is 0 Å². The van der Waals surface area contributed by atoms with E-state index >= 15 is 0 Å². The van der Waals surface area contributed by atoms with Crippen LogP contribution in [0.1, 0.15) is 71.1 Å². The summed E-state index contributed by atoms with van der Waals surface area (Å²) in [4.78, 5) is 0. The van der Waals surface area contributed by atoms with Crippen molar-refractivity contribution in [3.8, 4) is 11.5 Å². The van der Waals surface area contributed by atoms with Crippen LogP contribution in [0.3, 0.4) is 0 Å². The maximum Gasteiger partial charge on any atom is 0.451 e. The largest absolute Gasteiger partial charge is 0.490 e. The highest BCUT2D eigenvalue weighted by Crippen LogP contribution is 2.30. The highest BCUT2D eigenvalue weighted by molar-refractivity contribution is 7.82. The molecule has 2 rings (SSSR count). The Balaban J connectivity index is 1.78. The highest BCUT2D eigenvalue weighted by atomic mass is 32.3. The number of rotatable bonds is 17. The van der Waals surface area contributed by atoms with Gasteiger partial charge in [0, 0.05) is 0 Å². The molecule has 1 fully saturated rings. The first-order valence-corrected chi connectivity index (χ1v) is 13.8. The van der Waals surface area contributed by atoms with Gasteiger partial charge in [0.25, 0.3) is 0 Å². The third kappa shape index (κ3) is 10.2. The Labute approximate surface area is 208 Å². The summed E-state index contributed by atoms with van der Waals surface area (Å²) >= 11 is 0. The van der Waals surface area contributed by atoms with Gasteiger partial charge in [-0.05, 0) is 18.6 Å². The van der Waals surface area contributed by atoms with Crippen LogP contribution in [0, 0.1) is 0 Å². The van der Waals surface area contributed by atoms with E-state index in [1.807, 2.05) is 0 Å². The van der Waals surface area contributed by atoms with E-state index in [0.29, 0.717) is 6.61 Å². The average Bonchev–Trinajstić information content (AvgIpc) is 2.83. The lowest BCUT2D eigenvalue weighted by molar-refractivity contribution is -0.277. The summed E-state index contributed by atoms with van der Waals surface area (Å²) in [6, 6.07) is 6.19. The van der Waals surface area contributed by atoms with Gasteiger partial charge in [-0.2, -0.15) is 8.42 Å². The normalized spacial score (nSPS) is 24.9. The van der Waals surface area contributed by atoms with Crippen LogP contribution in [-0.4, -0.2) is 72.8 Å². The Bertz CT molecular complexity index is 816. The molecule has 11 heteroatoms. The fraction of sp³-hybridized carbons (Fsp3) is 0.750. The Kier molecular flexibility index (Phi) is 13.3. The molecule has 0 bridgehead atoms. The molecule has 1 aliphatic rings. The Hall–Kier alpha value is -1.47. The molecule has 5 atom stereocenters. The van der Waals surface area contributed by atoms with Crippen LogP contribution >= 0.6 is 0 Å². The summed E-state index contributed by atoms with van der Waals surface area (Å²) in [5, 5.41) is 38.8. The van der Waals surface area contributed by atoms with E-state index in [4.69, 9.17) is 17.8 Å². The second-order valence-corrected chi connectivity index (χ2v) is 9.94. The van der Waals surface area contributed by atoms with Crippen molar-refractivity contribution in [1.29, 1.82) is 0 Å². The maximum absolute atomic E-state index is 12.4. The highest BCUT2D eigenvalue weighted by Gasteiger charge is 2.46. The molecule has 202 valence electrons. The molecule has 4 N–H and O–H groups in total. The molecule has 0 unspecified atom stereocenters. The van der Waals surface area contributed by atoms with E-state index in [-0.39, 0.29) is 11.5 Å². The average molecular weight is 521 g/mol. The van der Waals surface area contributed by atoms with Gasteiger partial charge in [0.15, 0.2) is 11.5 Å². The molecule has 0 radical (unpaired) electrons. The second-order valence-electron chi connectivity index (χ2n) is 8.76. The minimum Gasteiger partial charge on any atom is -0.490 e. The van der Waals surface area contributed by atoms with Gasteiger partial charge in [-0.1, -0.05) is 76.8 Å². The van der Waals surface area contributed by atoms with Gasteiger partial charge < -0.3 is 34.1 Å². The number of para-hydroxylation sites is 2. The summed E-state index contributed by atoms with van der Waals surface area (Å²) in [7, 11) is -4.76. The second kappa shape index (κ2) is 15.6. The number of aliphatic hydroxyl groups is 4. The summed E-state index contributed by atoms with van der Waals surface area (Å²) in [5.41, 5.74) is 0. The van der Waals surface area contributed by atoms with E-state index in [9.17, 15) is 28.8 Å². The molecule has 0 aromatic heterocycles. The molecule has 10 nitrogen and oxygen atoms in total. The van der Waals surface area contributed by atoms with Crippen molar-refractivity contribution >= 4 is 10.4 Å². The molecule has 0 aliphatic carbocycles. The lowest BCUT2D eigenvalue weighted by Crippen LogP contribution is -2.59. The van der Waals surface area contributed by atoms with E-state index in [1.54, 1.807) is 18.2 Å². The van der Waals surface area contributed by atoms with E-state index < -0.39 is 47.7 Å². The van der Waals surface area contributed by atoms with E-state index in [0.717, 1.165) is 19.3 Å². The first-order chi connectivity index (χ1) is 16.8. The van der Waals surface area contributed by atoms with Crippen LogP contribution in [0.2, 0.25) is 0 Å². The molecule has 1 aromatic carbocycles. The Morgan fingerprint density at radius 2 is 1.40 bits per heavy atom. The van der Waals surface area contributed by atoms with E-state index in [1.165, 1.54) is 51.0 Å². The van der Waals surface area contributed by atoms with Crippen LogP contribution in [0.25, 0.3) is 0 Å². The van der Waals surface area contributed by atoms with Crippen LogP contribution in [0.5, 0.6) is 11.5 Å². The third-order valence-electron chi connectivity index (χ3n) is 5.86. The topological polar surface area (TPSA) is 152 Å². The quantitative estimate of drug-likeness (QED) is 0.225. The fourth-order valence-corrected chi connectivity index (χ4v) is 4.59. The monoisotopic (exact) mass is 520 g/mol. The first kappa shape index (κ1) is 29.8.